The standard InChI is InChI=1S/C9H15NO2/c1-7(2)8-3-5-9(6-4-8)10(11)12/h5,7-8H,3-4,6H2,1-2H3. The first-order valence-electron chi connectivity index (χ1n) is 4.44. The SMILES string of the molecule is CC(C)C1CC=C([N+](=O)[O-])CC1. The Morgan fingerprint density at radius 1 is 1.67 bits per heavy atom. The van der Waals surface area contributed by atoms with Crippen LogP contribution in [0.1, 0.15) is 33.1 Å². The lowest BCUT2D eigenvalue weighted by atomic mass is 9.84. The first-order valence-corrected chi connectivity index (χ1v) is 4.44. The molecule has 1 rings (SSSR count). The Hall–Kier alpha value is -0.860. The van der Waals surface area contributed by atoms with Crippen molar-refractivity contribution in [3.05, 3.63) is 21.9 Å². The van der Waals surface area contributed by atoms with Gasteiger partial charge in [-0.15, -0.1) is 0 Å². The summed E-state index contributed by atoms with van der Waals surface area (Å²) in [5.74, 6) is 1.29. The number of hydrogen-bond acceptors (Lipinski definition) is 2. The average molecular weight is 169 g/mol. The number of nitro groups is 1. The summed E-state index contributed by atoms with van der Waals surface area (Å²) in [4.78, 5) is 10.1. The fourth-order valence-electron chi connectivity index (χ4n) is 1.61. The molecule has 0 aliphatic heterocycles. The average Bonchev–Trinajstić information content (AvgIpc) is 2.04. The molecule has 1 unspecified atom stereocenters. The molecule has 3 heteroatoms. The summed E-state index contributed by atoms with van der Waals surface area (Å²) in [6, 6.07) is 0. The number of nitrogens with zero attached hydrogens (tertiary/aromatic N) is 1. The Labute approximate surface area is 72.6 Å². The van der Waals surface area contributed by atoms with Crippen LogP contribution in [0.3, 0.4) is 0 Å². The molecule has 0 heterocycles. The smallest absolute Gasteiger partial charge is 0.242 e. The molecule has 3 nitrogen and oxygen atoms in total. The number of hydrogen-bond donors (Lipinski definition) is 0. The van der Waals surface area contributed by atoms with Crippen LogP contribution in [0.5, 0.6) is 0 Å². The molecule has 0 aromatic carbocycles. The van der Waals surface area contributed by atoms with Gasteiger partial charge < -0.3 is 0 Å². The number of rotatable bonds is 2. The van der Waals surface area contributed by atoms with Gasteiger partial charge in [0.05, 0.1) is 4.92 Å². The third-order valence-corrected chi connectivity index (χ3v) is 2.60. The topological polar surface area (TPSA) is 43.1 Å². The van der Waals surface area contributed by atoms with Crippen molar-refractivity contribution in [1.82, 2.24) is 0 Å². The molecule has 1 aliphatic carbocycles. The Balaban J connectivity index is 2.53. The van der Waals surface area contributed by atoms with Gasteiger partial charge in [-0.05, 0) is 30.8 Å². The highest BCUT2D eigenvalue weighted by Crippen LogP contribution is 2.28. The van der Waals surface area contributed by atoms with E-state index in [0.29, 0.717) is 24.0 Å². The molecule has 0 bridgehead atoms. The summed E-state index contributed by atoms with van der Waals surface area (Å²) < 4.78 is 0. The molecule has 0 radical (unpaired) electrons. The molecule has 1 atom stereocenters. The molecule has 0 aromatic rings. The number of allylic oxidation sites excluding steroid dienone is 2. The van der Waals surface area contributed by atoms with Gasteiger partial charge in [0, 0.05) is 6.42 Å². The summed E-state index contributed by atoms with van der Waals surface area (Å²) in [6.45, 7) is 4.35. The zero-order valence-corrected chi connectivity index (χ0v) is 7.62. The Morgan fingerprint density at radius 3 is 2.67 bits per heavy atom. The van der Waals surface area contributed by atoms with Gasteiger partial charge >= 0.3 is 0 Å². The monoisotopic (exact) mass is 169 g/mol. The van der Waals surface area contributed by atoms with E-state index in [1.54, 1.807) is 6.08 Å². The minimum atomic E-state index is -0.253. The highest BCUT2D eigenvalue weighted by Gasteiger charge is 2.22. The molecular formula is C9H15NO2. The third-order valence-electron chi connectivity index (χ3n) is 2.60. The molecule has 0 fully saturated rings. The predicted octanol–water partition coefficient (Wildman–Crippen LogP) is 2.60. The van der Waals surface area contributed by atoms with Gasteiger partial charge in [-0.2, -0.15) is 0 Å². The lowest BCUT2D eigenvalue weighted by Gasteiger charge is -2.21. The van der Waals surface area contributed by atoms with Crippen molar-refractivity contribution in [3.63, 3.8) is 0 Å². The first kappa shape index (κ1) is 9.23. The van der Waals surface area contributed by atoms with E-state index in [1.807, 2.05) is 0 Å². The van der Waals surface area contributed by atoms with Gasteiger partial charge in [0.1, 0.15) is 0 Å². The van der Waals surface area contributed by atoms with Crippen molar-refractivity contribution in [1.29, 1.82) is 0 Å². The van der Waals surface area contributed by atoms with Crippen LogP contribution in [-0.2, 0) is 0 Å². The van der Waals surface area contributed by atoms with Gasteiger partial charge in [-0.1, -0.05) is 13.8 Å². The van der Waals surface area contributed by atoms with Crippen LogP contribution in [0.15, 0.2) is 11.8 Å². The van der Waals surface area contributed by atoms with E-state index in [0.717, 1.165) is 12.8 Å². The van der Waals surface area contributed by atoms with Crippen molar-refractivity contribution in [2.75, 3.05) is 0 Å². The van der Waals surface area contributed by atoms with Crippen LogP contribution in [0.4, 0.5) is 0 Å². The lowest BCUT2D eigenvalue weighted by molar-refractivity contribution is -0.429. The Kier molecular flexibility index (Phi) is 2.84. The summed E-state index contributed by atoms with van der Waals surface area (Å²) in [6.07, 6.45) is 4.29. The molecule has 0 N–H and O–H groups in total. The van der Waals surface area contributed by atoms with E-state index in [4.69, 9.17) is 0 Å². The minimum absolute atomic E-state index is 0.253. The minimum Gasteiger partial charge on any atom is -0.259 e. The van der Waals surface area contributed by atoms with Crippen LogP contribution in [0.25, 0.3) is 0 Å². The van der Waals surface area contributed by atoms with E-state index >= 15 is 0 Å². The van der Waals surface area contributed by atoms with Crippen LogP contribution >= 0.6 is 0 Å². The molecule has 0 aromatic heterocycles. The first-order chi connectivity index (χ1) is 5.61. The maximum absolute atomic E-state index is 10.4. The summed E-state index contributed by atoms with van der Waals surface area (Å²) in [5, 5.41) is 10.4. The van der Waals surface area contributed by atoms with Gasteiger partial charge in [-0.25, -0.2) is 0 Å². The second-order valence-corrected chi connectivity index (χ2v) is 3.73. The molecular weight excluding hydrogens is 154 g/mol. The maximum atomic E-state index is 10.4. The van der Waals surface area contributed by atoms with E-state index in [2.05, 4.69) is 13.8 Å². The predicted molar refractivity (Wildman–Crippen MR) is 47.3 cm³/mol. The van der Waals surface area contributed by atoms with Crippen molar-refractivity contribution in [2.24, 2.45) is 11.8 Å². The van der Waals surface area contributed by atoms with Gasteiger partial charge in [0.15, 0.2) is 0 Å². The molecule has 1 aliphatic rings. The Morgan fingerprint density at radius 2 is 2.33 bits per heavy atom. The largest absolute Gasteiger partial charge is 0.259 e. The second-order valence-electron chi connectivity index (χ2n) is 3.73. The van der Waals surface area contributed by atoms with Crippen LogP contribution in [-0.4, -0.2) is 4.92 Å². The van der Waals surface area contributed by atoms with Crippen LogP contribution in [0, 0.1) is 22.0 Å². The molecule has 0 saturated carbocycles. The zero-order valence-electron chi connectivity index (χ0n) is 7.62. The van der Waals surface area contributed by atoms with E-state index in [-0.39, 0.29) is 4.92 Å². The lowest BCUT2D eigenvalue weighted by Crippen LogP contribution is -2.14. The third kappa shape index (κ3) is 2.06. The molecule has 0 amide bonds. The van der Waals surface area contributed by atoms with Crippen molar-refractivity contribution < 1.29 is 4.92 Å². The van der Waals surface area contributed by atoms with Gasteiger partial charge in [0.25, 0.3) is 0 Å². The maximum Gasteiger partial charge on any atom is 0.242 e. The second kappa shape index (κ2) is 3.70. The van der Waals surface area contributed by atoms with Crippen LogP contribution < -0.4 is 0 Å². The van der Waals surface area contributed by atoms with Crippen molar-refractivity contribution in [2.45, 2.75) is 33.1 Å². The highest BCUT2D eigenvalue weighted by atomic mass is 16.6. The fourth-order valence-corrected chi connectivity index (χ4v) is 1.61. The van der Waals surface area contributed by atoms with E-state index in [9.17, 15) is 10.1 Å². The van der Waals surface area contributed by atoms with E-state index < -0.39 is 0 Å². The molecule has 0 spiro atoms. The van der Waals surface area contributed by atoms with Gasteiger partial charge in [-0.3, -0.25) is 10.1 Å². The zero-order chi connectivity index (χ0) is 9.14. The molecule has 12 heavy (non-hydrogen) atoms. The summed E-state index contributed by atoms with van der Waals surface area (Å²) in [7, 11) is 0. The molecule has 0 saturated heterocycles. The quantitative estimate of drug-likeness (QED) is 0.471. The summed E-state index contributed by atoms with van der Waals surface area (Å²) in [5.41, 5.74) is 0.409. The van der Waals surface area contributed by atoms with Crippen molar-refractivity contribution in [3.8, 4) is 0 Å². The highest BCUT2D eigenvalue weighted by molar-refractivity contribution is 4.98. The molecule has 68 valence electrons. The van der Waals surface area contributed by atoms with Gasteiger partial charge in [0.2, 0.25) is 5.70 Å². The Bertz CT molecular complexity index is 209. The van der Waals surface area contributed by atoms with E-state index in [1.165, 1.54) is 0 Å². The van der Waals surface area contributed by atoms with Crippen LogP contribution in [0.2, 0.25) is 0 Å². The fraction of sp³-hybridized carbons (Fsp3) is 0.778. The normalized spacial score (nSPS) is 23.9. The summed E-state index contributed by atoms with van der Waals surface area (Å²) >= 11 is 0. The van der Waals surface area contributed by atoms with Crippen molar-refractivity contribution >= 4 is 0 Å².